The average molecular weight is 103 g/mol. The molecule has 0 radical (unpaired) electrons. The molecule has 0 saturated heterocycles. The second-order valence-electron chi connectivity index (χ2n) is 0.931. The first kappa shape index (κ1) is 6.26. The molecule has 0 heterocycles. The summed E-state index contributed by atoms with van der Waals surface area (Å²) in [6.45, 7) is 3.09. The van der Waals surface area contributed by atoms with Crippen molar-refractivity contribution in [1.29, 1.82) is 0 Å². The molecule has 0 aromatic heterocycles. The van der Waals surface area contributed by atoms with E-state index in [1.165, 1.54) is 7.11 Å². The molecule has 0 spiro atoms. The van der Waals surface area contributed by atoms with Gasteiger partial charge in [0.25, 0.3) is 0 Å². The first-order valence-corrected chi connectivity index (χ1v) is 1.64. The molecule has 2 N–H and O–H groups in total. The van der Waals surface area contributed by atoms with Crippen LogP contribution in [-0.2, 0) is 4.84 Å². The fourth-order valence-electron chi connectivity index (χ4n) is 0.117. The van der Waals surface area contributed by atoms with Crippen molar-refractivity contribution in [3.8, 4) is 0 Å². The summed E-state index contributed by atoms with van der Waals surface area (Å²) >= 11 is 0. The zero-order valence-electron chi connectivity index (χ0n) is 4.05. The highest BCUT2D eigenvalue weighted by Gasteiger charge is 1.80. The minimum Gasteiger partial charge on any atom is -0.732 e. The number of hydroxylamine groups is 2. The van der Waals surface area contributed by atoms with Crippen LogP contribution in [0.15, 0.2) is 12.4 Å². The fourth-order valence-corrected chi connectivity index (χ4v) is 0.117. The van der Waals surface area contributed by atoms with E-state index in [9.17, 15) is 5.21 Å². The van der Waals surface area contributed by atoms with Crippen LogP contribution in [0.3, 0.4) is 0 Å². The van der Waals surface area contributed by atoms with E-state index >= 15 is 0 Å². The van der Waals surface area contributed by atoms with Crippen LogP contribution < -0.4 is 5.73 Å². The van der Waals surface area contributed by atoms with Gasteiger partial charge in [0.1, 0.15) is 5.82 Å². The van der Waals surface area contributed by atoms with Crippen LogP contribution in [0, 0.1) is 5.21 Å². The molecule has 0 aliphatic rings. The van der Waals surface area contributed by atoms with Crippen LogP contribution >= 0.6 is 0 Å². The Morgan fingerprint density at radius 3 is 2.43 bits per heavy atom. The Hall–Kier alpha value is -0.740. The largest absolute Gasteiger partial charge is 0.732 e. The smallest absolute Gasteiger partial charge is 0.105 e. The van der Waals surface area contributed by atoms with Crippen molar-refractivity contribution in [2.24, 2.45) is 5.73 Å². The van der Waals surface area contributed by atoms with Crippen molar-refractivity contribution in [2.75, 3.05) is 7.11 Å². The van der Waals surface area contributed by atoms with Crippen molar-refractivity contribution in [3.05, 3.63) is 17.6 Å². The second kappa shape index (κ2) is 2.44. The molecule has 0 atom stereocenters. The summed E-state index contributed by atoms with van der Waals surface area (Å²) in [6, 6.07) is 0. The number of nitrogens with zero attached hydrogens (tertiary/aromatic N) is 1. The predicted molar refractivity (Wildman–Crippen MR) is 25.5 cm³/mol. The molecule has 0 aromatic carbocycles. The SMILES string of the molecule is C=C(N)N([O-])OC. The van der Waals surface area contributed by atoms with Crippen LogP contribution in [0.1, 0.15) is 0 Å². The standard InChI is InChI=1S/C3H7N2O2/c1-3(4)5(6)7-2/h1,4H2,2H3/q-1. The Labute approximate surface area is 41.7 Å². The summed E-state index contributed by atoms with van der Waals surface area (Å²) in [4.78, 5) is 4.06. The van der Waals surface area contributed by atoms with Gasteiger partial charge in [-0.15, -0.1) is 0 Å². The van der Waals surface area contributed by atoms with E-state index in [1.807, 2.05) is 0 Å². The molecule has 0 bridgehead atoms. The van der Waals surface area contributed by atoms with Gasteiger partial charge in [-0.25, -0.2) is 0 Å². The average Bonchev–Trinajstić information content (AvgIpc) is 1.65. The summed E-state index contributed by atoms with van der Waals surface area (Å²) < 4.78 is 0. The van der Waals surface area contributed by atoms with Crippen LogP contribution in [0.5, 0.6) is 0 Å². The Bertz CT molecular complexity index is 73.3. The third kappa shape index (κ3) is 2.02. The van der Waals surface area contributed by atoms with Gasteiger partial charge in [0.05, 0.1) is 7.11 Å². The normalized spacial score (nSPS) is 8.29. The minimum absolute atomic E-state index is 0.125. The van der Waals surface area contributed by atoms with Crippen LogP contribution in [-0.4, -0.2) is 12.3 Å². The quantitative estimate of drug-likeness (QED) is 0.491. The first-order chi connectivity index (χ1) is 3.18. The summed E-state index contributed by atoms with van der Waals surface area (Å²) in [5.74, 6) is -0.150. The predicted octanol–water partition coefficient (Wildman–Crippen LogP) is -0.222. The maximum atomic E-state index is 9.98. The summed E-state index contributed by atoms with van der Waals surface area (Å²) in [7, 11) is 1.21. The van der Waals surface area contributed by atoms with Gasteiger partial charge in [-0.3, -0.25) is 4.84 Å². The Kier molecular flexibility index (Phi) is 2.18. The molecule has 4 nitrogen and oxygen atoms in total. The lowest BCUT2D eigenvalue weighted by atomic mass is 10.9. The molecule has 4 heteroatoms. The second-order valence-corrected chi connectivity index (χ2v) is 0.931. The summed E-state index contributed by atoms with van der Waals surface area (Å²) in [5.41, 5.74) is 4.84. The zero-order valence-corrected chi connectivity index (χ0v) is 4.05. The highest BCUT2D eigenvalue weighted by molar-refractivity contribution is 4.81. The van der Waals surface area contributed by atoms with Crippen LogP contribution in [0.25, 0.3) is 0 Å². The fraction of sp³-hybridized carbons (Fsp3) is 0.333. The molecule has 0 saturated carbocycles. The number of hydrogen-bond acceptors (Lipinski definition) is 4. The van der Waals surface area contributed by atoms with E-state index in [0.717, 1.165) is 0 Å². The molecule has 7 heavy (non-hydrogen) atoms. The molecule has 0 aliphatic carbocycles. The van der Waals surface area contributed by atoms with E-state index < -0.39 is 0 Å². The van der Waals surface area contributed by atoms with Gasteiger partial charge in [-0.1, -0.05) is 6.58 Å². The molecule has 0 aliphatic heterocycles. The molecule has 42 valence electrons. The molecular formula is C3H7N2O2-. The number of hydrogen-bond donors (Lipinski definition) is 1. The van der Waals surface area contributed by atoms with Crippen molar-refractivity contribution in [3.63, 3.8) is 0 Å². The van der Waals surface area contributed by atoms with E-state index in [0.29, 0.717) is 0 Å². The molecule has 0 fully saturated rings. The third-order valence-corrected chi connectivity index (χ3v) is 0.400. The Morgan fingerprint density at radius 1 is 2.00 bits per heavy atom. The molecule has 0 unspecified atom stereocenters. The highest BCUT2D eigenvalue weighted by Crippen LogP contribution is 1.86. The summed E-state index contributed by atoms with van der Waals surface area (Å²) in [5, 5.41) is 10.1. The van der Waals surface area contributed by atoms with Crippen molar-refractivity contribution < 1.29 is 4.84 Å². The van der Waals surface area contributed by atoms with Crippen molar-refractivity contribution in [1.82, 2.24) is 5.23 Å². The molecular weight excluding hydrogens is 96.0 g/mol. The zero-order chi connectivity index (χ0) is 5.86. The van der Waals surface area contributed by atoms with Crippen LogP contribution in [0.4, 0.5) is 0 Å². The van der Waals surface area contributed by atoms with Crippen LogP contribution in [0.2, 0.25) is 0 Å². The highest BCUT2D eigenvalue weighted by atomic mass is 16.9. The number of rotatable bonds is 2. The van der Waals surface area contributed by atoms with Gasteiger partial charge in [0.15, 0.2) is 0 Å². The van der Waals surface area contributed by atoms with Gasteiger partial charge >= 0.3 is 0 Å². The van der Waals surface area contributed by atoms with Gasteiger partial charge in [0, 0.05) is 0 Å². The number of nitrogens with two attached hydrogens (primary N) is 1. The molecule has 0 rings (SSSR count). The van der Waals surface area contributed by atoms with Crippen molar-refractivity contribution in [2.45, 2.75) is 0 Å². The third-order valence-electron chi connectivity index (χ3n) is 0.400. The lowest BCUT2D eigenvalue weighted by molar-refractivity contribution is -0.0568. The summed E-state index contributed by atoms with van der Waals surface area (Å²) in [6.07, 6.45) is 0. The van der Waals surface area contributed by atoms with Gasteiger partial charge in [-0.2, -0.15) is 0 Å². The lowest BCUT2D eigenvalue weighted by Gasteiger charge is -2.25. The topological polar surface area (TPSA) is 61.5 Å². The van der Waals surface area contributed by atoms with E-state index in [2.05, 4.69) is 11.4 Å². The Morgan fingerprint density at radius 2 is 2.43 bits per heavy atom. The van der Waals surface area contributed by atoms with E-state index in [-0.39, 0.29) is 11.0 Å². The minimum atomic E-state index is -0.150. The van der Waals surface area contributed by atoms with Gasteiger partial charge in [-0.05, 0) is 0 Å². The maximum Gasteiger partial charge on any atom is 0.105 e. The van der Waals surface area contributed by atoms with Crippen molar-refractivity contribution >= 4 is 0 Å². The monoisotopic (exact) mass is 103 g/mol. The van der Waals surface area contributed by atoms with Gasteiger partial charge in [0.2, 0.25) is 0 Å². The van der Waals surface area contributed by atoms with Gasteiger partial charge < -0.3 is 16.2 Å². The molecule has 0 aromatic rings. The maximum absolute atomic E-state index is 9.98. The first-order valence-electron chi connectivity index (χ1n) is 1.64. The Balaban J connectivity index is 3.34. The van der Waals surface area contributed by atoms with E-state index in [4.69, 9.17) is 5.73 Å². The molecule has 0 amide bonds. The van der Waals surface area contributed by atoms with E-state index in [1.54, 1.807) is 0 Å². The lowest BCUT2D eigenvalue weighted by Crippen LogP contribution is -2.18.